The minimum Gasteiger partial charge on any atom is -0.328 e. The largest absolute Gasteiger partial charge is 0.328 e. The van der Waals surface area contributed by atoms with E-state index in [1.54, 1.807) is 11.6 Å². The Morgan fingerprint density at radius 2 is 1.73 bits per heavy atom. The Bertz CT molecular complexity index is 1100. The van der Waals surface area contributed by atoms with Gasteiger partial charge >= 0.3 is 0 Å². The average molecular weight is 467 g/mol. The predicted octanol–water partition coefficient (Wildman–Crippen LogP) is 5.07. The average Bonchev–Trinajstić information content (AvgIpc) is 3.18. The van der Waals surface area contributed by atoms with E-state index in [0.717, 1.165) is 22.5 Å². The number of nitrogens with one attached hydrogen (secondary N) is 1. The standard InChI is InChI=1S/C26H31ClN4O2/c1-18-11-13-21(14-12-18)31-23(15-22(29-31)26(3,4)5)28-24(32)17-30(25(33)19(2)27)16-20-9-7-6-8-10-20/h6-15,19H,16-17H2,1-5H3,(H,28,32). The van der Waals surface area contributed by atoms with Gasteiger partial charge in [0.1, 0.15) is 17.7 Å². The molecule has 6 nitrogen and oxygen atoms in total. The van der Waals surface area contributed by atoms with Gasteiger partial charge in [0, 0.05) is 18.0 Å². The first-order valence-corrected chi connectivity index (χ1v) is 11.4. The van der Waals surface area contributed by atoms with Crippen LogP contribution in [0.4, 0.5) is 5.82 Å². The van der Waals surface area contributed by atoms with Gasteiger partial charge in [0.15, 0.2) is 0 Å². The SMILES string of the molecule is Cc1ccc(-n2nc(C(C)(C)C)cc2NC(=O)CN(Cc2ccccc2)C(=O)C(C)Cl)cc1. The van der Waals surface area contributed by atoms with Gasteiger partial charge in [0.2, 0.25) is 11.8 Å². The Kier molecular flexibility index (Phi) is 7.59. The van der Waals surface area contributed by atoms with Crippen LogP contribution in [0.5, 0.6) is 0 Å². The van der Waals surface area contributed by atoms with Crippen molar-refractivity contribution < 1.29 is 9.59 Å². The molecule has 174 valence electrons. The molecule has 0 saturated carbocycles. The van der Waals surface area contributed by atoms with Crippen molar-refractivity contribution in [1.82, 2.24) is 14.7 Å². The third kappa shape index (κ3) is 6.45. The Morgan fingerprint density at radius 1 is 1.09 bits per heavy atom. The van der Waals surface area contributed by atoms with Crippen LogP contribution in [0.25, 0.3) is 5.69 Å². The number of rotatable bonds is 7. The number of anilines is 1. The predicted molar refractivity (Wildman–Crippen MR) is 133 cm³/mol. The van der Waals surface area contributed by atoms with E-state index in [1.807, 2.05) is 67.6 Å². The van der Waals surface area contributed by atoms with Crippen LogP contribution in [0.2, 0.25) is 0 Å². The molecule has 1 unspecified atom stereocenters. The van der Waals surface area contributed by atoms with Gasteiger partial charge in [-0.3, -0.25) is 9.59 Å². The summed E-state index contributed by atoms with van der Waals surface area (Å²) in [7, 11) is 0. The second kappa shape index (κ2) is 10.2. The maximum Gasteiger partial charge on any atom is 0.245 e. The molecule has 0 aliphatic rings. The first kappa shape index (κ1) is 24.5. The van der Waals surface area contributed by atoms with E-state index in [2.05, 4.69) is 26.1 Å². The number of halogens is 1. The Labute approximate surface area is 200 Å². The normalized spacial score (nSPS) is 12.3. The smallest absolute Gasteiger partial charge is 0.245 e. The second-order valence-corrected chi connectivity index (χ2v) is 9.91. The fourth-order valence-corrected chi connectivity index (χ4v) is 3.48. The third-order valence-corrected chi connectivity index (χ3v) is 5.41. The molecule has 0 saturated heterocycles. The van der Waals surface area contributed by atoms with Crippen molar-refractivity contribution in [2.24, 2.45) is 0 Å². The van der Waals surface area contributed by atoms with E-state index < -0.39 is 5.38 Å². The zero-order chi connectivity index (χ0) is 24.2. The molecule has 3 rings (SSSR count). The van der Waals surface area contributed by atoms with E-state index in [-0.39, 0.29) is 23.8 Å². The van der Waals surface area contributed by atoms with Crippen molar-refractivity contribution in [3.63, 3.8) is 0 Å². The van der Waals surface area contributed by atoms with Crippen molar-refractivity contribution in [2.75, 3.05) is 11.9 Å². The highest BCUT2D eigenvalue weighted by atomic mass is 35.5. The van der Waals surface area contributed by atoms with Crippen LogP contribution >= 0.6 is 11.6 Å². The van der Waals surface area contributed by atoms with Crippen LogP contribution < -0.4 is 5.32 Å². The lowest BCUT2D eigenvalue weighted by Crippen LogP contribution is -2.40. The molecule has 0 aliphatic heterocycles. The number of carbonyl (C=O) groups is 2. The number of aryl methyl sites for hydroxylation is 1. The Balaban J connectivity index is 1.86. The summed E-state index contributed by atoms with van der Waals surface area (Å²) in [6.45, 7) is 10.0. The molecule has 2 amide bonds. The van der Waals surface area contributed by atoms with Crippen molar-refractivity contribution in [3.8, 4) is 5.69 Å². The lowest BCUT2D eigenvalue weighted by Gasteiger charge is -2.23. The number of carbonyl (C=O) groups excluding carboxylic acids is 2. The summed E-state index contributed by atoms with van der Waals surface area (Å²) < 4.78 is 1.73. The molecule has 1 N–H and O–H groups in total. The van der Waals surface area contributed by atoms with Crippen molar-refractivity contribution >= 4 is 29.2 Å². The quantitative estimate of drug-likeness (QED) is 0.494. The van der Waals surface area contributed by atoms with Gasteiger partial charge in [-0.05, 0) is 31.5 Å². The monoisotopic (exact) mass is 466 g/mol. The molecule has 33 heavy (non-hydrogen) atoms. The van der Waals surface area contributed by atoms with E-state index in [4.69, 9.17) is 16.7 Å². The van der Waals surface area contributed by atoms with Gasteiger partial charge in [-0.25, -0.2) is 4.68 Å². The number of aromatic nitrogens is 2. The van der Waals surface area contributed by atoms with Gasteiger partial charge in [0.25, 0.3) is 0 Å². The van der Waals surface area contributed by atoms with E-state index in [1.165, 1.54) is 4.90 Å². The highest BCUT2D eigenvalue weighted by molar-refractivity contribution is 6.30. The molecule has 1 heterocycles. The molecule has 1 aromatic heterocycles. The van der Waals surface area contributed by atoms with Gasteiger partial charge in [-0.2, -0.15) is 5.10 Å². The minimum absolute atomic E-state index is 0.116. The fourth-order valence-electron chi connectivity index (χ4n) is 3.34. The van der Waals surface area contributed by atoms with Crippen LogP contribution in [0.15, 0.2) is 60.7 Å². The summed E-state index contributed by atoms with van der Waals surface area (Å²) in [5.41, 5.74) is 3.56. The lowest BCUT2D eigenvalue weighted by molar-refractivity contribution is -0.134. The highest BCUT2D eigenvalue weighted by Gasteiger charge is 2.24. The number of benzene rings is 2. The Hall–Kier alpha value is -3.12. The zero-order valence-electron chi connectivity index (χ0n) is 19.8. The molecule has 7 heteroatoms. The maximum absolute atomic E-state index is 13.0. The van der Waals surface area contributed by atoms with Crippen LogP contribution in [-0.4, -0.2) is 38.4 Å². The van der Waals surface area contributed by atoms with Crippen LogP contribution in [0.3, 0.4) is 0 Å². The molecule has 0 radical (unpaired) electrons. The molecule has 1 atom stereocenters. The summed E-state index contributed by atoms with van der Waals surface area (Å²) >= 11 is 6.07. The third-order valence-electron chi connectivity index (χ3n) is 5.23. The molecule has 2 aromatic carbocycles. The molecule has 0 fully saturated rings. The Morgan fingerprint density at radius 3 is 2.30 bits per heavy atom. The van der Waals surface area contributed by atoms with Gasteiger partial charge < -0.3 is 10.2 Å². The van der Waals surface area contributed by atoms with Gasteiger partial charge in [0.05, 0.1) is 11.4 Å². The zero-order valence-corrected chi connectivity index (χ0v) is 20.6. The second-order valence-electron chi connectivity index (χ2n) is 9.26. The number of hydrogen-bond acceptors (Lipinski definition) is 3. The van der Waals surface area contributed by atoms with E-state index in [9.17, 15) is 9.59 Å². The fraction of sp³-hybridized carbons (Fsp3) is 0.346. The topological polar surface area (TPSA) is 67.2 Å². The van der Waals surface area contributed by atoms with E-state index >= 15 is 0 Å². The number of amides is 2. The number of hydrogen-bond donors (Lipinski definition) is 1. The summed E-state index contributed by atoms with van der Waals surface area (Å²) in [5, 5.41) is 6.97. The van der Waals surface area contributed by atoms with Crippen molar-refractivity contribution in [2.45, 2.75) is 52.0 Å². The van der Waals surface area contributed by atoms with Crippen LogP contribution in [0, 0.1) is 6.92 Å². The first-order valence-electron chi connectivity index (χ1n) is 11.0. The molecular weight excluding hydrogens is 436 g/mol. The maximum atomic E-state index is 13.0. The van der Waals surface area contributed by atoms with Crippen molar-refractivity contribution in [1.29, 1.82) is 0 Å². The van der Waals surface area contributed by atoms with Crippen LogP contribution in [0.1, 0.15) is 44.5 Å². The minimum atomic E-state index is -0.730. The molecule has 0 bridgehead atoms. The molecule has 0 aliphatic carbocycles. The summed E-state index contributed by atoms with van der Waals surface area (Å²) in [4.78, 5) is 27.2. The number of nitrogens with zero attached hydrogens (tertiary/aromatic N) is 3. The van der Waals surface area contributed by atoms with Crippen molar-refractivity contribution in [3.05, 3.63) is 77.5 Å². The lowest BCUT2D eigenvalue weighted by atomic mass is 9.92. The van der Waals surface area contributed by atoms with Crippen LogP contribution in [-0.2, 0) is 21.5 Å². The van der Waals surface area contributed by atoms with Gasteiger partial charge in [-0.1, -0.05) is 68.8 Å². The first-order chi connectivity index (χ1) is 15.5. The van der Waals surface area contributed by atoms with E-state index in [0.29, 0.717) is 12.4 Å². The molecule has 3 aromatic rings. The highest BCUT2D eigenvalue weighted by Crippen LogP contribution is 2.26. The summed E-state index contributed by atoms with van der Waals surface area (Å²) in [5.74, 6) is -0.0526. The molecular formula is C26H31ClN4O2. The van der Waals surface area contributed by atoms with Gasteiger partial charge in [-0.15, -0.1) is 11.6 Å². The summed E-state index contributed by atoms with van der Waals surface area (Å²) in [6.07, 6.45) is 0. The summed E-state index contributed by atoms with van der Waals surface area (Å²) in [6, 6.07) is 19.3. The number of alkyl halides is 1. The molecule has 0 spiro atoms.